The van der Waals surface area contributed by atoms with Gasteiger partial charge in [-0.25, -0.2) is 0 Å². The first-order valence-electron chi connectivity index (χ1n) is 9.15. The zero-order valence-electron chi connectivity index (χ0n) is 15.9. The molecule has 0 bridgehead atoms. The van der Waals surface area contributed by atoms with Gasteiger partial charge in [-0.1, -0.05) is 64.8 Å². The van der Waals surface area contributed by atoms with Crippen molar-refractivity contribution < 1.29 is 4.79 Å². The molecule has 4 rings (SSSR count). The van der Waals surface area contributed by atoms with Gasteiger partial charge in [0.15, 0.2) is 11.0 Å². The van der Waals surface area contributed by atoms with Crippen LogP contribution in [0.4, 0.5) is 5.69 Å². The number of amides is 1. The van der Waals surface area contributed by atoms with E-state index in [4.69, 9.17) is 34.8 Å². The molecule has 0 unspecified atom stereocenters. The molecule has 0 aliphatic carbocycles. The Labute approximate surface area is 198 Å². The fourth-order valence-electron chi connectivity index (χ4n) is 2.89. The number of rotatable bonds is 6. The second-order valence-electron chi connectivity index (χ2n) is 6.48. The highest BCUT2D eigenvalue weighted by atomic mass is 35.5. The first kappa shape index (κ1) is 21.7. The lowest BCUT2D eigenvalue weighted by atomic mass is 10.2. The van der Waals surface area contributed by atoms with E-state index in [0.29, 0.717) is 31.7 Å². The molecule has 0 aliphatic heterocycles. The second-order valence-corrected chi connectivity index (χ2v) is 8.73. The molecule has 3 aromatic carbocycles. The number of hydrogen-bond acceptors (Lipinski definition) is 4. The minimum atomic E-state index is -0.178. The van der Waals surface area contributed by atoms with E-state index in [0.717, 1.165) is 11.3 Å². The Morgan fingerprint density at radius 3 is 2.29 bits per heavy atom. The molecule has 156 valence electrons. The van der Waals surface area contributed by atoms with Crippen molar-refractivity contribution in [2.45, 2.75) is 5.16 Å². The summed E-state index contributed by atoms with van der Waals surface area (Å²) in [6.07, 6.45) is 0. The molecule has 1 amide bonds. The molecule has 1 N–H and O–H groups in total. The maximum Gasteiger partial charge on any atom is 0.234 e. The molecule has 0 spiro atoms. The number of halogens is 3. The van der Waals surface area contributed by atoms with Crippen LogP contribution in [0.15, 0.2) is 78.0 Å². The van der Waals surface area contributed by atoms with Crippen LogP contribution in [-0.2, 0) is 4.79 Å². The van der Waals surface area contributed by atoms with Gasteiger partial charge in [0.05, 0.1) is 5.75 Å². The van der Waals surface area contributed by atoms with Gasteiger partial charge in [-0.3, -0.25) is 9.36 Å². The summed E-state index contributed by atoms with van der Waals surface area (Å²) >= 11 is 19.5. The normalized spacial score (nSPS) is 10.8. The van der Waals surface area contributed by atoms with E-state index in [1.54, 1.807) is 42.5 Å². The van der Waals surface area contributed by atoms with Crippen LogP contribution in [0.25, 0.3) is 17.1 Å². The summed E-state index contributed by atoms with van der Waals surface area (Å²) < 4.78 is 1.87. The third kappa shape index (κ3) is 5.40. The number of benzene rings is 3. The van der Waals surface area contributed by atoms with Gasteiger partial charge in [-0.2, -0.15) is 0 Å². The molecule has 0 aliphatic rings. The fraction of sp³-hybridized carbons (Fsp3) is 0.0455. The van der Waals surface area contributed by atoms with E-state index in [9.17, 15) is 4.79 Å². The number of nitrogens with zero attached hydrogens (tertiary/aromatic N) is 3. The summed E-state index contributed by atoms with van der Waals surface area (Å²) in [5.74, 6) is 0.582. The first-order valence-corrected chi connectivity index (χ1v) is 11.3. The smallest absolute Gasteiger partial charge is 0.234 e. The van der Waals surface area contributed by atoms with Gasteiger partial charge in [0.25, 0.3) is 0 Å². The van der Waals surface area contributed by atoms with E-state index in [1.165, 1.54) is 11.8 Å². The van der Waals surface area contributed by atoms with Crippen LogP contribution in [0, 0.1) is 0 Å². The Morgan fingerprint density at radius 2 is 1.58 bits per heavy atom. The second kappa shape index (κ2) is 9.75. The lowest BCUT2D eigenvalue weighted by molar-refractivity contribution is -0.113. The van der Waals surface area contributed by atoms with Gasteiger partial charge < -0.3 is 5.32 Å². The van der Waals surface area contributed by atoms with E-state index in [2.05, 4.69) is 15.5 Å². The molecule has 9 heteroatoms. The quantitative estimate of drug-likeness (QED) is 0.309. The number of anilines is 1. The van der Waals surface area contributed by atoms with Crippen molar-refractivity contribution in [3.63, 3.8) is 0 Å². The lowest BCUT2D eigenvalue weighted by Gasteiger charge is -2.11. The number of aromatic nitrogens is 3. The fourth-order valence-corrected chi connectivity index (χ4v) is 4.15. The molecule has 0 radical (unpaired) electrons. The molecule has 0 saturated carbocycles. The van der Waals surface area contributed by atoms with Crippen molar-refractivity contribution in [3.05, 3.63) is 87.9 Å². The van der Waals surface area contributed by atoms with Gasteiger partial charge in [-0.05, 0) is 54.6 Å². The largest absolute Gasteiger partial charge is 0.325 e. The van der Waals surface area contributed by atoms with Crippen molar-refractivity contribution in [2.24, 2.45) is 0 Å². The third-order valence-corrected chi connectivity index (χ3v) is 5.89. The van der Waals surface area contributed by atoms with Gasteiger partial charge in [0.2, 0.25) is 5.91 Å². The number of thioether (sulfide) groups is 1. The van der Waals surface area contributed by atoms with Gasteiger partial charge >= 0.3 is 0 Å². The van der Waals surface area contributed by atoms with E-state index >= 15 is 0 Å². The van der Waals surface area contributed by atoms with E-state index in [-0.39, 0.29) is 11.7 Å². The number of nitrogens with one attached hydrogen (secondary N) is 1. The zero-order chi connectivity index (χ0) is 21.8. The molecule has 1 aromatic heterocycles. The maximum atomic E-state index is 12.4. The monoisotopic (exact) mass is 488 g/mol. The highest BCUT2D eigenvalue weighted by Gasteiger charge is 2.18. The van der Waals surface area contributed by atoms with Crippen molar-refractivity contribution in [2.75, 3.05) is 11.1 Å². The Morgan fingerprint density at radius 1 is 0.871 bits per heavy atom. The van der Waals surface area contributed by atoms with Crippen LogP contribution in [0.2, 0.25) is 15.1 Å². The van der Waals surface area contributed by atoms with Crippen LogP contribution in [0.5, 0.6) is 0 Å². The molecular weight excluding hydrogens is 475 g/mol. The molecular formula is C22H15Cl3N4OS. The van der Waals surface area contributed by atoms with Gasteiger partial charge in [-0.15, -0.1) is 10.2 Å². The summed E-state index contributed by atoms with van der Waals surface area (Å²) in [5, 5.41) is 13.8. The first-order chi connectivity index (χ1) is 15.0. The molecule has 0 fully saturated rings. The molecule has 5 nitrogen and oxygen atoms in total. The average molecular weight is 490 g/mol. The Bertz CT molecular complexity index is 1230. The van der Waals surface area contributed by atoms with Crippen molar-refractivity contribution in [1.29, 1.82) is 0 Å². The van der Waals surface area contributed by atoms with E-state index < -0.39 is 0 Å². The topological polar surface area (TPSA) is 59.8 Å². The molecule has 1 heterocycles. The van der Waals surface area contributed by atoms with Crippen molar-refractivity contribution in [3.8, 4) is 17.1 Å². The number of hydrogen-bond donors (Lipinski definition) is 1. The van der Waals surface area contributed by atoms with Crippen LogP contribution < -0.4 is 5.32 Å². The molecule has 0 saturated heterocycles. The molecule has 0 atom stereocenters. The predicted molar refractivity (Wildman–Crippen MR) is 128 cm³/mol. The average Bonchev–Trinajstić information content (AvgIpc) is 3.17. The summed E-state index contributed by atoms with van der Waals surface area (Å²) in [7, 11) is 0. The van der Waals surface area contributed by atoms with Crippen LogP contribution in [-0.4, -0.2) is 26.4 Å². The van der Waals surface area contributed by atoms with Crippen molar-refractivity contribution in [1.82, 2.24) is 14.8 Å². The lowest BCUT2D eigenvalue weighted by Crippen LogP contribution is -2.14. The predicted octanol–water partition coefficient (Wildman–Crippen LogP) is 6.63. The molecule has 4 aromatic rings. The summed E-state index contributed by atoms with van der Waals surface area (Å²) in [4.78, 5) is 12.4. The van der Waals surface area contributed by atoms with Gasteiger partial charge in [0, 0.05) is 32.0 Å². The highest BCUT2D eigenvalue weighted by molar-refractivity contribution is 7.99. The van der Waals surface area contributed by atoms with E-state index in [1.807, 2.05) is 34.9 Å². The minimum Gasteiger partial charge on any atom is -0.325 e. The van der Waals surface area contributed by atoms with Crippen LogP contribution in [0.3, 0.4) is 0 Å². The Kier molecular flexibility index (Phi) is 6.83. The van der Waals surface area contributed by atoms with Crippen LogP contribution in [0.1, 0.15) is 0 Å². The Balaban J connectivity index is 1.61. The Hall–Kier alpha value is -2.51. The van der Waals surface area contributed by atoms with Crippen molar-refractivity contribution >= 4 is 58.2 Å². The maximum absolute atomic E-state index is 12.4. The molecule has 31 heavy (non-hydrogen) atoms. The minimum absolute atomic E-state index is 0.147. The highest BCUT2D eigenvalue weighted by Crippen LogP contribution is 2.30. The number of carbonyl (C=O) groups is 1. The SMILES string of the molecule is O=C(CSc1nnc(-c2cccc(Cl)c2)n1-c1ccc(Cl)cc1)Nc1cccc(Cl)c1. The summed E-state index contributed by atoms with van der Waals surface area (Å²) in [6, 6.07) is 21.7. The zero-order valence-corrected chi connectivity index (χ0v) is 19.0. The van der Waals surface area contributed by atoms with Crippen LogP contribution >= 0.6 is 46.6 Å². The number of carbonyl (C=O) groups excluding carboxylic acids is 1. The standard InChI is InChI=1S/C22H15Cl3N4OS/c23-15-7-9-19(10-8-15)29-21(14-3-1-4-16(24)11-14)27-28-22(29)31-13-20(30)26-18-6-2-5-17(25)12-18/h1-12H,13H2,(H,26,30). The summed E-state index contributed by atoms with van der Waals surface area (Å²) in [6.45, 7) is 0. The van der Waals surface area contributed by atoms with Gasteiger partial charge in [0.1, 0.15) is 0 Å². The third-order valence-electron chi connectivity index (χ3n) is 4.24. The summed E-state index contributed by atoms with van der Waals surface area (Å²) in [5.41, 5.74) is 2.27.